The van der Waals surface area contributed by atoms with Gasteiger partial charge in [0.05, 0.1) is 0 Å². The monoisotopic (exact) mass is 221 g/mol. The van der Waals surface area contributed by atoms with E-state index < -0.39 is 0 Å². The highest BCUT2D eigenvalue weighted by Crippen LogP contribution is 2.32. The van der Waals surface area contributed by atoms with E-state index in [4.69, 9.17) is 4.52 Å². The van der Waals surface area contributed by atoms with Gasteiger partial charge in [0.25, 0.3) is 0 Å². The summed E-state index contributed by atoms with van der Waals surface area (Å²) in [5.74, 6) is 2.82. The van der Waals surface area contributed by atoms with Crippen LogP contribution in [0.1, 0.15) is 62.1 Å². The molecule has 0 spiro atoms. The zero-order valence-corrected chi connectivity index (χ0v) is 9.61. The highest BCUT2D eigenvalue weighted by molar-refractivity contribution is 5.02. The summed E-state index contributed by atoms with van der Waals surface area (Å²) in [4.78, 5) is 4.60. The Kier molecular flexibility index (Phi) is 2.91. The second kappa shape index (κ2) is 4.53. The van der Waals surface area contributed by atoms with Gasteiger partial charge in [0.2, 0.25) is 5.89 Å². The zero-order chi connectivity index (χ0) is 10.8. The normalized spacial score (nSPS) is 27.4. The fourth-order valence-corrected chi connectivity index (χ4v) is 2.80. The smallest absolute Gasteiger partial charge is 0.229 e. The molecule has 0 bridgehead atoms. The molecule has 16 heavy (non-hydrogen) atoms. The molecule has 0 unspecified atom stereocenters. The van der Waals surface area contributed by atoms with Crippen molar-refractivity contribution < 1.29 is 4.52 Å². The third kappa shape index (κ3) is 1.98. The summed E-state index contributed by atoms with van der Waals surface area (Å²) in [5.41, 5.74) is 0. The summed E-state index contributed by atoms with van der Waals surface area (Å²) in [7, 11) is 0. The molecule has 1 aliphatic heterocycles. The SMILES string of the molecule is C1CCC(c2nc([C@@H]3CCNC3)no2)CC1. The Morgan fingerprint density at radius 1 is 1.06 bits per heavy atom. The van der Waals surface area contributed by atoms with Crippen molar-refractivity contribution in [3.8, 4) is 0 Å². The topological polar surface area (TPSA) is 51.0 Å². The minimum absolute atomic E-state index is 0.473. The van der Waals surface area contributed by atoms with Crippen molar-refractivity contribution in [1.29, 1.82) is 0 Å². The maximum atomic E-state index is 5.43. The van der Waals surface area contributed by atoms with E-state index in [1.165, 1.54) is 32.1 Å². The largest absolute Gasteiger partial charge is 0.339 e. The van der Waals surface area contributed by atoms with Gasteiger partial charge in [-0.15, -0.1) is 0 Å². The molecule has 2 aliphatic rings. The second-order valence-corrected chi connectivity index (χ2v) is 5.02. The molecule has 0 aromatic carbocycles. The molecule has 0 amide bonds. The number of rotatable bonds is 2. The first-order chi connectivity index (χ1) is 7.93. The van der Waals surface area contributed by atoms with Gasteiger partial charge in [0, 0.05) is 18.4 Å². The maximum Gasteiger partial charge on any atom is 0.229 e. The highest BCUT2D eigenvalue weighted by atomic mass is 16.5. The van der Waals surface area contributed by atoms with Gasteiger partial charge in [-0.1, -0.05) is 24.4 Å². The van der Waals surface area contributed by atoms with Crippen LogP contribution in [-0.2, 0) is 0 Å². The van der Waals surface area contributed by atoms with Gasteiger partial charge in [-0.3, -0.25) is 0 Å². The fraction of sp³-hybridized carbons (Fsp3) is 0.833. The van der Waals surface area contributed by atoms with Crippen LogP contribution in [0.5, 0.6) is 0 Å². The van der Waals surface area contributed by atoms with Gasteiger partial charge in [0.1, 0.15) is 0 Å². The number of hydrogen-bond donors (Lipinski definition) is 1. The molecule has 1 aliphatic carbocycles. The number of aromatic nitrogens is 2. The number of nitrogens with one attached hydrogen (secondary N) is 1. The zero-order valence-electron chi connectivity index (χ0n) is 9.61. The molecular weight excluding hydrogens is 202 g/mol. The maximum absolute atomic E-state index is 5.43. The van der Waals surface area contributed by atoms with Crippen LogP contribution in [0, 0.1) is 0 Å². The Bertz CT molecular complexity index is 338. The molecule has 1 saturated heterocycles. The summed E-state index contributed by atoms with van der Waals surface area (Å²) in [5, 5.41) is 7.49. The molecule has 1 aromatic heterocycles. The molecule has 1 N–H and O–H groups in total. The van der Waals surface area contributed by atoms with Gasteiger partial charge >= 0.3 is 0 Å². The van der Waals surface area contributed by atoms with Crippen LogP contribution >= 0.6 is 0 Å². The minimum atomic E-state index is 0.473. The van der Waals surface area contributed by atoms with Crippen molar-refractivity contribution in [3.63, 3.8) is 0 Å². The van der Waals surface area contributed by atoms with E-state index in [-0.39, 0.29) is 0 Å². The van der Waals surface area contributed by atoms with Crippen LogP contribution in [0.3, 0.4) is 0 Å². The average Bonchev–Trinajstić information content (AvgIpc) is 3.01. The van der Waals surface area contributed by atoms with Crippen molar-refractivity contribution in [1.82, 2.24) is 15.5 Å². The van der Waals surface area contributed by atoms with Gasteiger partial charge in [0.15, 0.2) is 5.82 Å². The lowest BCUT2D eigenvalue weighted by molar-refractivity contribution is 0.311. The number of hydrogen-bond acceptors (Lipinski definition) is 4. The lowest BCUT2D eigenvalue weighted by Crippen LogP contribution is -2.09. The molecule has 88 valence electrons. The Hall–Kier alpha value is -0.900. The molecule has 1 saturated carbocycles. The lowest BCUT2D eigenvalue weighted by Gasteiger charge is -2.17. The minimum Gasteiger partial charge on any atom is -0.339 e. The van der Waals surface area contributed by atoms with Crippen LogP contribution < -0.4 is 5.32 Å². The molecule has 4 nitrogen and oxygen atoms in total. The van der Waals surface area contributed by atoms with Gasteiger partial charge in [-0.05, 0) is 25.8 Å². The van der Waals surface area contributed by atoms with E-state index in [2.05, 4.69) is 15.5 Å². The van der Waals surface area contributed by atoms with Crippen LogP contribution in [0.15, 0.2) is 4.52 Å². The Balaban J connectivity index is 1.71. The van der Waals surface area contributed by atoms with E-state index in [0.717, 1.165) is 31.2 Å². The van der Waals surface area contributed by atoms with E-state index in [1.54, 1.807) is 0 Å². The molecule has 2 heterocycles. The first-order valence-corrected chi connectivity index (χ1v) is 6.47. The molecule has 0 radical (unpaired) electrons. The quantitative estimate of drug-likeness (QED) is 0.831. The van der Waals surface area contributed by atoms with Crippen LogP contribution in [0.4, 0.5) is 0 Å². The predicted molar refractivity (Wildman–Crippen MR) is 60.4 cm³/mol. The Morgan fingerprint density at radius 3 is 2.69 bits per heavy atom. The third-order valence-corrected chi connectivity index (χ3v) is 3.84. The van der Waals surface area contributed by atoms with Crippen LogP contribution in [0.2, 0.25) is 0 Å². The summed E-state index contributed by atoms with van der Waals surface area (Å²) < 4.78 is 5.43. The first kappa shape index (κ1) is 10.3. The van der Waals surface area contributed by atoms with Crippen molar-refractivity contribution in [2.75, 3.05) is 13.1 Å². The predicted octanol–water partition coefficient (Wildman–Crippen LogP) is 2.19. The van der Waals surface area contributed by atoms with Crippen molar-refractivity contribution in [3.05, 3.63) is 11.7 Å². The van der Waals surface area contributed by atoms with Crippen molar-refractivity contribution in [2.45, 2.75) is 50.4 Å². The van der Waals surface area contributed by atoms with E-state index in [0.29, 0.717) is 11.8 Å². The molecular formula is C12H19N3O. The van der Waals surface area contributed by atoms with E-state index in [9.17, 15) is 0 Å². The van der Waals surface area contributed by atoms with Crippen LogP contribution in [-0.4, -0.2) is 23.2 Å². The summed E-state index contributed by atoms with van der Waals surface area (Å²) >= 11 is 0. The Morgan fingerprint density at radius 2 is 1.94 bits per heavy atom. The van der Waals surface area contributed by atoms with E-state index >= 15 is 0 Å². The standard InChI is InChI=1S/C12H19N3O/c1-2-4-9(5-3-1)12-14-11(15-16-12)10-6-7-13-8-10/h9-10,13H,1-8H2/t10-/m1/s1. The van der Waals surface area contributed by atoms with Gasteiger partial charge in [-0.2, -0.15) is 4.98 Å². The van der Waals surface area contributed by atoms with Crippen LogP contribution in [0.25, 0.3) is 0 Å². The third-order valence-electron chi connectivity index (χ3n) is 3.84. The summed E-state index contributed by atoms with van der Waals surface area (Å²) in [6.07, 6.45) is 7.59. The number of nitrogens with zero attached hydrogens (tertiary/aromatic N) is 2. The second-order valence-electron chi connectivity index (χ2n) is 5.02. The fourth-order valence-electron chi connectivity index (χ4n) is 2.80. The van der Waals surface area contributed by atoms with Crippen molar-refractivity contribution >= 4 is 0 Å². The molecule has 1 atom stereocenters. The van der Waals surface area contributed by atoms with Crippen molar-refractivity contribution in [2.24, 2.45) is 0 Å². The molecule has 1 aromatic rings. The first-order valence-electron chi connectivity index (χ1n) is 6.47. The molecule has 3 rings (SSSR count). The highest BCUT2D eigenvalue weighted by Gasteiger charge is 2.25. The average molecular weight is 221 g/mol. The van der Waals surface area contributed by atoms with Gasteiger partial charge in [-0.25, -0.2) is 0 Å². The molecule has 2 fully saturated rings. The van der Waals surface area contributed by atoms with E-state index in [1.807, 2.05) is 0 Å². The summed E-state index contributed by atoms with van der Waals surface area (Å²) in [6, 6.07) is 0. The molecule has 4 heteroatoms. The van der Waals surface area contributed by atoms with Gasteiger partial charge < -0.3 is 9.84 Å². The Labute approximate surface area is 95.8 Å². The summed E-state index contributed by atoms with van der Waals surface area (Å²) in [6.45, 7) is 2.08. The lowest BCUT2D eigenvalue weighted by atomic mass is 9.89.